The molecule has 8 heteroatoms. The fourth-order valence-corrected chi connectivity index (χ4v) is 4.45. The van der Waals surface area contributed by atoms with E-state index in [1.807, 2.05) is 25.2 Å². The molecule has 1 amide bonds. The Morgan fingerprint density at radius 3 is 2.39 bits per heavy atom. The number of halogens is 1. The van der Waals surface area contributed by atoms with Crippen LogP contribution in [0.5, 0.6) is 0 Å². The first kappa shape index (κ1) is 24.4. The van der Waals surface area contributed by atoms with Gasteiger partial charge in [0.2, 0.25) is 0 Å². The van der Waals surface area contributed by atoms with Gasteiger partial charge in [-0.3, -0.25) is 9.52 Å². The summed E-state index contributed by atoms with van der Waals surface area (Å²) in [6.07, 6.45) is 0.762. The second-order valence-corrected chi connectivity index (χ2v) is 9.60. The maximum absolute atomic E-state index is 13.1. The molecular weight excluding hydrogens is 441 g/mol. The topological polar surface area (TPSA) is 78.5 Å². The third kappa shape index (κ3) is 7.13. The first-order valence-corrected chi connectivity index (χ1v) is 12.1. The van der Waals surface area contributed by atoms with Gasteiger partial charge in [0, 0.05) is 24.3 Å². The van der Waals surface area contributed by atoms with Gasteiger partial charge in [-0.2, -0.15) is 0 Å². The molecule has 0 aliphatic heterocycles. The summed E-state index contributed by atoms with van der Waals surface area (Å²) in [4.78, 5) is 14.8. The molecule has 0 unspecified atom stereocenters. The Bertz CT molecular complexity index is 1180. The third-order valence-electron chi connectivity index (χ3n) is 5.16. The van der Waals surface area contributed by atoms with Crippen LogP contribution in [-0.2, 0) is 16.6 Å². The standard InChI is InChI=1S/C25H28FN3O3S/c1-19-9-14-23(33(31,32)28-22-12-10-21(26)11-13-22)17-24(19)25(30)27-15-6-16-29(2)18-20-7-4-3-5-8-20/h3-5,7-14,17,28H,6,15-16,18H2,1-2H3,(H,27,30). The second kappa shape index (κ2) is 11.1. The number of nitrogens with zero attached hydrogens (tertiary/aromatic N) is 1. The SMILES string of the molecule is Cc1ccc(S(=O)(=O)Nc2ccc(F)cc2)cc1C(=O)NCCCN(C)Cc1ccccc1. The molecule has 2 N–H and O–H groups in total. The summed E-state index contributed by atoms with van der Waals surface area (Å²) < 4.78 is 40.9. The first-order valence-electron chi connectivity index (χ1n) is 10.6. The van der Waals surface area contributed by atoms with E-state index in [2.05, 4.69) is 27.1 Å². The summed E-state index contributed by atoms with van der Waals surface area (Å²) in [7, 11) is -1.90. The highest BCUT2D eigenvalue weighted by Crippen LogP contribution is 2.19. The predicted octanol–water partition coefficient (Wildman–Crippen LogP) is 4.19. The fourth-order valence-electron chi connectivity index (χ4n) is 3.37. The van der Waals surface area contributed by atoms with Crippen molar-refractivity contribution in [2.45, 2.75) is 24.8 Å². The number of carbonyl (C=O) groups excluding carboxylic acids is 1. The number of benzene rings is 3. The summed E-state index contributed by atoms with van der Waals surface area (Å²) in [6, 6.07) is 19.6. The molecule has 3 rings (SSSR count). The van der Waals surface area contributed by atoms with Gasteiger partial charge in [0.1, 0.15) is 5.82 Å². The number of rotatable bonds is 10. The van der Waals surface area contributed by atoms with E-state index in [1.165, 1.54) is 42.0 Å². The van der Waals surface area contributed by atoms with Crippen LogP contribution in [0.25, 0.3) is 0 Å². The minimum atomic E-state index is -3.92. The molecule has 0 atom stereocenters. The van der Waals surface area contributed by atoms with Crippen LogP contribution in [0.1, 0.15) is 27.9 Å². The lowest BCUT2D eigenvalue weighted by Gasteiger charge is -2.17. The zero-order valence-electron chi connectivity index (χ0n) is 18.7. The molecule has 0 saturated heterocycles. The van der Waals surface area contributed by atoms with E-state index < -0.39 is 15.8 Å². The molecule has 6 nitrogen and oxygen atoms in total. The van der Waals surface area contributed by atoms with E-state index in [-0.39, 0.29) is 16.5 Å². The van der Waals surface area contributed by atoms with E-state index >= 15 is 0 Å². The van der Waals surface area contributed by atoms with Gasteiger partial charge in [0.15, 0.2) is 0 Å². The quantitative estimate of drug-likeness (QED) is 0.437. The van der Waals surface area contributed by atoms with Crippen LogP contribution >= 0.6 is 0 Å². The van der Waals surface area contributed by atoms with Gasteiger partial charge in [-0.15, -0.1) is 0 Å². The van der Waals surface area contributed by atoms with Crippen molar-refractivity contribution in [1.29, 1.82) is 0 Å². The Kier molecular flexibility index (Phi) is 8.19. The smallest absolute Gasteiger partial charge is 0.261 e. The second-order valence-electron chi connectivity index (χ2n) is 7.92. The number of anilines is 1. The van der Waals surface area contributed by atoms with Crippen molar-refractivity contribution in [1.82, 2.24) is 10.2 Å². The highest BCUT2D eigenvalue weighted by molar-refractivity contribution is 7.92. The number of carbonyl (C=O) groups is 1. The minimum Gasteiger partial charge on any atom is -0.352 e. The van der Waals surface area contributed by atoms with Crippen molar-refractivity contribution in [3.05, 3.63) is 95.3 Å². The van der Waals surface area contributed by atoms with Crippen molar-refractivity contribution in [3.8, 4) is 0 Å². The highest BCUT2D eigenvalue weighted by atomic mass is 32.2. The van der Waals surface area contributed by atoms with Gasteiger partial charge in [-0.05, 0) is 74.5 Å². The molecule has 33 heavy (non-hydrogen) atoms. The molecular formula is C25H28FN3O3S. The molecule has 0 saturated carbocycles. The number of aryl methyl sites for hydroxylation is 1. The molecule has 3 aromatic carbocycles. The summed E-state index contributed by atoms with van der Waals surface area (Å²) >= 11 is 0. The van der Waals surface area contributed by atoms with Crippen LogP contribution in [-0.4, -0.2) is 39.4 Å². The summed E-state index contributed by atoms with van der Waals surface area (Å²) in [5, 5.41) is 2.87. The Morgan fingerprint density at radius 2 is 1.70 bits per heavy atom. The summed E-state index contributed by atoms with van der Waals surface area (Å²) in [5.74, 6) is -0.782. The first-order chi connectivity index (χ1) is 15.7. The van der Waals surface area contributed by atoms with E-state index in [9.17, 15) is 17.6 Å². The van der Waals surface area contributed by atoms with Gasteiger partial charge in [0.25, 0.3) is 15.9 Å². The minimum absolute atomic E-state index is 0.0369. The molecule has 0 fully saturated rings. The summed E-state index contributed by atoms with van der Waals surface area (Å²) in [6.45, 7) is 3.87. The van der Waals surface area contributed by atoms with E-state index in [0.717, 1.165) is 19.5 Å². The molecule has 3 aromatic rings. The van der Waals surface area contributed by atoms with E-state index in [0.29, 0.717) is 17.7 Å². The fraction of sp³-hybridized carbons (Fsp3) is 0.240. The Labute approximate surface area is 194 Å². The van der Waals surface area contributed by atoms with Crippen LogP contribution in [0.4, 0.5) is 10.1 Å². The maximum atomic E-state index is 13.1. The summed E-state index contributed by atoms with van der Waals surface area (Å²) in [5.41, 5.74) is 2.44. The highest BCUT2D eigenvalue weighted by Gasteiger charge is 2.18. The monoisotopic (exact) mass is 469 g/mol. The Morgan fingerprint density at radius 1 is 1.00 bits per heavy atom. The number of nitrogens with one attached hydrogen (secondary N) is 2. The van der Waals surface area contributed by atoms with Crippen LogP contribution < -0.4 is 10.0 Å². The van der Waals surface area contributed by atoms with Crippen molar-refractivity contribution in [3.63, 3.8) is 0 Å². The van der Waals surface area contributed by atoms with Crippen molar-refractivity contribution in [2.24, 2.45) is 0 Å². The van der Waals surface area contributed by atoms with Crippen molar-refractivity contribution in [2.75, 3.05) is 24.9 Å². The van der Waals surface area contributed by atoms with E-state index in [4.69, 9.17) is 0 Å². The van der Waals surface area contributed by atoms with E-state index in [1.54, 1.807) is 13.0 Å². The largest absolute Gasteiger partial charge is 0.352 e. The molecule has 174 valence electrons. The van der Waals surface area contributed by atoms with Gasteiger partial charge in [0.05, 0.1) is 4.90 Å². The molecule has 0 spiro atoms. The lowest BCUT2D eigenvalue weighted by Crippen LogP contribution is -2.28. The van der Waals surface area contributed by atoms with Crippen LogP contribution in [0.2, 0.25) is 0 Å². The average molecular weight is 470 g/mol. The Balaban J connectivity index is 1.57. The van der Waals surface area contributed by atoms with Crippen LogP contribution in [0.15, 0.2) is 77.7 Å². The Hall–Kier alpha value is -3.23. The molecule has 0 aliphatic rings. The van der Waals surface area contributed by atoms with Crippen molar-refractivity contribution >= 4 is 21.6 Å². The normalized spacial score (nSPS) is 11.4. The van der Waals surface area contributed by atoms with Crippen molar-refractivity contribution < 1.29 is 17.6 Å². The number of sulfonamides is 1. The average Bonchev–Trinajstić information content (AvgIpc) is 2.79. The van der Waals surface area contributed by atoms with Gasteiger partial charge >= 0.3 is 0 Å². The lowest BCUT2D eigenvalue weighted by atomic mass is 10.1. The molecule has 0 bridgehead atoms. The number of hydrogen-bond donors (Lipinski definition) is 2. The van der Waals surface area contributed by atoms with Gasteiger partial charge in [-0.1, -0.05) is 36.4 Å². The predicted molar refractivity (Wildman–Crippen MR) is 128 cm³/mol. The van der Waals surface area contributed by atoms with Gasteiger partial charge in [-0.25, -0.2) is 12.8 Å². The zero-order valence-corrected chi connectivity index (χ0v) is 19.5. The molecule has 0 radical (unpaired) electrons. The van der Waals surface area contributed by atoms with Crippen LogP contribution in [0, 0.1) is 12.7 Å². The maximum Gasteiger partial charge on any atom is 0.261 e. The van der Waals surface area contributed by atoms with Gasteiger partial charge < -0.3 is 10.2 Å². The molecule has 0 heterocycles. The van der Waals surface area contributed by atoms with Crippen LogP contribution in [0.3, 0.4) is 0 Å². The molecule has 0 aliphatic carbocycles. The lowest BCUT2D eigenvalue weighted by molar-refractivity contribution is 0.0951. The zero-order chi connectivity index (χ0) is 23.8. The number of hydrogen-bond acceptors (Lipinski definition) is 4. The third-order valence-corrected chi connectivity index (χ3v) is 6.54. The number of amides is 1. The molecule has 0 aromatic heterocycles.